The van der Waals surface area contributed by atoms with E-state index in [4.69, 9.17) is 9.84 Å². The van der Waals surface area contributed by atoms with E-state index in [2.05, 4.69) is 21.0 Å². The minimum Gasteiger partial charge on any atom is -0.502 e. The van der Waals surface area contributed by atoms with Gasteiger partial charge in [-0.2, -0.15) is 5.10 Å². The van der Waals surface area contributed by atoms with Gasteiger partial charge in [0, 0.05) is 11.5 Å². The number of aromatic hydroxyl groups is 1. The van der Waals surface area contributed by atoms with Crippen LogP contribution in [0.5, 0.6) is 11.5 Å². The number of carboxylic acid groups (broad SMARTS) is 1. The van der Waals surface area contributed by atoms with Crippen LogP contribution < -0.4 is 4.74 Å². The average Bonchev–Trinajstić information content (AvgIpc) is 2.75. The molecule has 2 aromatic rings. The van der Waals surface area contributed by atoms with Crippen molar-refractivity contribution in [2.75, 3.05) is 7.11 Å². The lowest BCUT2D eigenvalue weighted by Gasteiger charge is -2.13. The van der Waals surface area contributed by atoms with Crippen LogP contribution in [0.2, 0.25) is 0 Å². The predicted molar refractivity (Wildman–Crippen MR) is 71.5 cm³/mol. The smallest absolute Gasteiger partial charge is 0.356 e. The highest BCUT2D eigenvalue weighted by Crippen LogP contribution is 2.44. The maximum atomic E-state index is 13.5. The van der Waals surface area contributed by atoms with Gasteiger partial charge in [-0.25, -0.2) is 9.18 Å². The third kappa shape index (κ3) is 2.22. The fourth-order valence-electron chi connectivity index (χ4n) is 1.83. The topological polar surface area (TPSA) is 84.6 Å². The van der Waals surface area contributed by atoms with Crippen LogP contribution in [-0.2, 0) is 7.05 Å². The third-order valence-electron chi connectivity index (χ3n) is 2.72. The van der Waals surface area contributed by atoms with Crippen molar-refractivity contribution < 1.29 is 24.1 Å². The first-order valence-electron chi connectivity index (χ1n) is 5.39. The van der Waals surface area contributed by atoms with Crippen LogP contribution in [0, 0.1) is 5.82 Å². The van der Waals surface area contributed by atoms with Crippen LogP contribution in [0.4, 0.5) is 4.39 Å². The summed E-state index contributed by atoms with van der Waals surface area (Å²) >= 11 is 3.17. The van der Waals surface area contributed by atoms with E-state index in [0.29, 0.717) is 15.7 Å². The van der Waals surface area contributed by atoms with Gasteiger partial charge in [0.2, 0.25) is 0 Å². The Bertz CT molecular complexity index is 699. The van der Waals surface area contributed by atoms with E-state index in [1.807, 2.05) is 0 Å². The lowest BCUT2D eigenvalue weighted by Crippen LogP contribution is -2.00. The minimum absolute atomic E-state index is 0.100. The maximum absolute atomic E-state index is 13.5. The number of methoxy groups -OCH3 is 1. The fourth-order valence-corrected chi connectivity index (χ4v) is 2.41. The highest BCUT2D eigenvalue weighted by Gasteiger charge is 2.23. The molecule has 0 bridgehead atoms. The van der Waals surface area contributed by atoms with Gasteiger partial charge in [0.1, 0.15) is 0 Å². The lowest BCUT2D eigenvalue weighted by atomic mass is 10.1. The zero-order chi connectivity index (χ0) is 15.0. The fraction of sp³-hybridized carbons (Fsp3) is 0.167. The summed E-state index contributed by atoms with van der Waals surface area (Å²) in [6.07, 6.45) is 0. The van der Waals surface area contributed by atoms with Crippen molar-refractivity contribution in [1.29, 1.82) is 0 Å². The van der Waals surface area contributed by atoms with E-state index in [0.717, 1.165) is 6.07 Å². The molecule has 20 heavy (non-hydrogen) atoms. The molecule has 1 heterocycles. The molecule has 6 nitrogen and oxygen atoms in total. The highest BCUT2D eigenvalue weighted by atomic mass is 79.9. The first-order chi connectivity index (χ1) is 9.36. The number of hydrogen-bond donors (Lipinski definition) is 2. The van der Waals surface area contributed by atoms with Crippen molar-refractivity contribution in [2.24, 2.45) is 7.05 Å². The molecule has 8 heteroatoms. The standard InChI is InChI=1S/C12H10BrFN2O4/c1-16-8(4-7(15-16)12(18)19)9-5(13)3-6(14)10(17)11(9)20-2/h3-4,17H,1-2H3,(H,18,19). The molecule has 0 atom stereocenters. The summed E-state index contributed by atoms with van der Waals surface area (Å²) in [5.41, 5.74) is 0.510. The average molecular weight is 345 g/mol. The molecule has 0 saturated carbocycles. The van der Waals surface area contributed by atoms with Crippen molar-refractivity contribution in [1.82, 2.24) is 9.78 Å². The number of nitrogens with zero attached hydrogens (tertiary/aromatic N) is 2. The number of phenolic OH excluding ortho intramolecular Hbond substituents is 1. The highest BCUT2D eigenvalue weighted by molar-refractivity contribution is 9.10. The van der Waals surface area contributed by atoms with Gasteiger partial charge in [0.15, 0.2) is 23.0 Å². The van der Waals surface area contributed by atoms with Crippen LogP contribution in [0.1, 0.15) is 10.5 Å². The number of hydrogen-bond acceptors (Lipinski definition) is 4. The Balaban J connectivity index is 2.75. The molecule has 0 aliphatic heterocycles. The summed E-state index contributed by atoms with van der Waals surface area (Å²) in [5.74, 6) is -2.79. The molecule has 106 valence electrons. The van der Waals surface area contributed by atoms with Crippen molar-refractivity contribution in [3.63, 3.8) is 0 Å². The molecule has 1 aromatic carbocycles. The Morgan fingerprint density at radius 1 is 1.50 bits per heavy atom. The molecular weight excluding hydrogens is 335 g/mol. The molecule has 2 N–H and O–H groups in total. The van der Waals surface area contributed by atoms with Crippen LogP contribution in [0.25, 0.3) is 11.3 Å². The first kappa shape index (κ1) is 14.3. The normalized spacial score (nSPS) is 10.6. The molecule has 0 aliphatic rings. The third-order valence-corrected chi connectivity index (χ3v) is 3.35. The number of carbonyl (C=O) groups is 1. The minimum atomic E-state index is -1.19. The second-order valence-corrected chi connectivity index (χ2v) is 4.79. The van der Waals surface area contributed by atoms with Crippen LogP contribution in [0.15, 0.2) is 16.6 Å². The molecule has 0 radical (unpaired) electrons. The monoisotopic (exact) mass is 344 g/mol. The van der Waals surface area contributed by atoms with Gasteiger partial charge in [0.25, 0.3) is 0 Å². The van der Waals surface area contributed by atoms with Crippen molar-refractivity contribution in [2.45, 2.75) is 0 Å². The van der Waals surface area contributed by atoms with Gasteiger partial charge in [-0.05, 0) is 28.1 Å². The molecule has 0 amide bonds. The Hall–Kier alpha value is -2.09. The van der Waals surface area contributed by atoms with E-state index in [1.54, 1.807) is 0 Å². The zero-order valence-electron chi connectivity index (χ0n) is 10.5. The number of rotatable bonds is 3. The number of aryl methyl sites for hydroxylation is 1. The van der Waals surface area contributed by atoms with E-state index < -0.39 is 17.5 Å². The summed E-state index contributed by atoms with van der Waals surface area (Å²) in [7, 11) is 2.81. The van der Waals surface area contributed by atoms with Gasteiger partial charge in [-0.15, -0.1) is 0 Å². The van der Waals surface area contributed by atoms with Crippen LogP contribution in [0.3, 0.4) is 0 Å². The molecule has 0 saturated heterocycles. The summed E-state index contributed by atoms with van der Waals surface area (Å²) in [6, 6.07) is 2.38. The largest absolute Gasteiger partial charge is 0.502 e. The number of ether oxygens (including phenoxy) is 1. The molecule has 0 unspecified atom stereocenters. The summed E-state index contributed by atoms with van der Waals surface area (Å²) < 4.78 is 20.1. The number of aromatic carboxylic acids is 1. The van der Waals surface area contributed by atoms with Crippen molar-refractivity contribution in [3.8, 4) is 22.8 Å². The molecular formula is C12H10BrFN2O4. The number of aromatic nitrogens is 2. The van der Waals surface area contributed by atoms with Crippen LogP contribution >= 0.6 is 15.9 Å². The van der Waals surface area contributed by atoms with Crippen LogP contribution in [-0.4, -0.2) is 33.1 Å². The predicted octanol–water partition coefficient (Wildman–Crippen LogP) is 2.40. The van der Waals surface area contributed by atoms with Gasteiger partial charge in [-0.3, -0.25) is 4.68 Å². The second kappa shape index (κ2) is 5.12. The molecule has 1 aromatic heterocycles. The van der Waals surface area contributed by atoms with Gasteiger partial charge in [0.05, 0.1) is 18.4 Å². The van der Waals surface area contributed by atoms with E-state index in [9.17, 15) is 14.3 Å². The van der Waals surface area contributed by atoms with Gasteiger partial charge >= 0.3 is 5.97 Å². The lowest BCUT2D eigenvalue weighted by molar-refractivity contribution is 0.0689. The maximum Gasteiger partial charge on any atom is 0.356 e. The van der Waals surface area contributed by atoms with Gasteiger partial charge < -0.3 is 14.9 Å². The SMILES string of the molecule is COc1c(O)c(F)cc(Br)c1-c1cc(C(=O)O)nn1C. The quantitative estimate of drug-likeness (QED) is 0.892. The molecule has 0 fully saturated rings. The Kier molecular flexibility index (Phi) is 3.67. The summed E-state index contributed by atoms with van der Waals surface area (Å²) in [6.45, 7) is 0. The van der Waals surface area contributed by atoms with E-state index >= 15 is 0 Å². The number of carboxylic acids is 1. The Morgan fingerprint density at radius 2 is 2.15 bits per heavy atom. The first-order valence-corrected chi connectivity index (χ1v) is 6.18. The number of benzene rings is 1. The van der Waals surface area contributed by atoms with E-state index in [-0.39, 0.29) is 11.4 Å². The molecule has 2 rings (SSSR count). The number of phenols is 1. The molecule has 0 spiro atoms. The van der Waals surface area contributed by atoms with Crippen molar-refractivity contribution >= 4 is 21.9 Å². The Morgan fingerprint density at radius 3 is 2.65 bits per heavy atom. The Labute approximate surface area is 121 Å². The second-order valence-electron chi connectivity index (χ2n) is 3.94. The zero-order valence-corrected chi connectivity index (χ0v) is 12.1. The van der Waals surface area contributed by atoms with Crippen molar-refractivity contribution in [3.05, 3.63) is 28.1 Å². The summed E-state index contributed by atoms with van der Waals surface area (Å²) in [5, 5.41) is 22.5. The molecule has 0 aliphatic carbocycles. The van der Waals surface area contributed by atoms with Gasteiger partial charge in [-0.1, -0.05) is 0 Å². The van der Waals surface area contributed by atoms with E-state index in [1.165, 1.54) is 24.9 Å². The number of halogens is 2. The summed E-state index contributed by atoms with van der Waals surface area (Å²) in [4.78, 5) is 10.9.